The predicted octanol–water partition coefficient (Wildman–Crippen LogP) is 2.95. The summed E-state index contributed by atoms with van der Waals surface area (Å²) in [6.07, 6.45) is -0.103. The summed E-state index contributed by atoms with van der Waals surface area (Å²) in [7, 11) is -0.209. The standard InChI is InChI=1S/C15H17BO2/c1-15(2,3)14-17-16(18-14)13-9-8-11-6-4-5-7-12(11)10-13/h4-10,14H,1-3H3. The fourth-order valence-electron chi connectivity index (χ4n) is 2.15. The molecule has 0 spiro atoms. The third-order valence-electron chi connectivity index (χ3n) is 3.25. The smallest absolute Gasteiger partial charge is 0.382 e. The van der Waals surface area contributed by atoms with Crippen molar-refractivity contribution in [3.63, 3.8) is 0 Å². The molecule has 2 aromatic carbocycles. The van der Waals surface area contributed by atoms with Crippen molar-refractivity contribution in [3.05, 3.63) is 42.5 Å². The van der Waals surface area contributed by atoms with Gasteiger partial charge in [-0.1, -0.05) is 63.2 Å². The van der Waals surface area contributed by atoms with Gasteiger partial charge in [-0.2, -0.15) is 0 Å². The van der Waals surface area contributed by atoms with Crippen LogP contribution in [0.2, 0.25) is 0 Å². The molecule has 18 heavy (non-hydrogen) atoms. The average Bonchev–Trinajstić information content (AvgIpc) is 2.25. The maximum atomic E-state index is 5.82. The number of hydrogen-bond donors (Lipinski definition) is 0. The van der Waals surface area contributed by atoms with Crippen molar-refractivity contribution in [1.82, 2.24) is 0 Å². The van der Waals surface area contributed by atoms with Crippen molar-refractivity contribution in [2.24, 2.45) is 5.41 Å². The number of rotatable bonds is 1. The van der Waals surface area contributed by atoms with Crippen molar-refractivity contribution in [2.45, 2.75) is 27.1 Å². The summed E-state index contributed by atoms with van der Waals surface area (Å²) in [6.45, 7) is 6.36. The Labute approximate surface area is 108 Å². The molecule has 3 rings (SSSR count). The largest absolute Gasteiger partial charge is 0.497 e. The summed E-state index contributed by atoms with van der Waals surface area (Å²) in [5, 5.41) is 2.47. The third kappa shape index (κ3) is 2.04. The van der Waals surface area contributed by atoms with Crippen molar-refractivity contribution >= 4 is 23.4 Å². The summed E-state index contributed by atoms with van der Waals surface area (Å²) >= 11 is 0. The average molecular weight is 240 g/mol. The van der Waals surface area contributed by atoms with Gasteiger partial charge in [0.05, 0.1) is 0 Å². The summed E-state index contributed by atoms with van der Waals surface area (Å²) in [5.41, 5.74) is 1.13. The summed E-state index contributed by atoms with van der Waals surface area (Å²) < 4.78 is 11.6. The zero-order chi connectivity index (χ0) is 12.8. The summed E-state index contributed by atoms with van der Waals surface area (Å²) in [5.74, 6) is 0. The van der Waals surface area contributed by atoms with Crippen LogP contribution in [0.25, 0.3) is 10.8 Å². The van der Waals surface area contributed by atoms with Crippen molar-refractivity contribution in [3.8, 4) is 0 Å². The second-order valence-corrected chi connectivity index (χ2v) is 5.91. The molecule has 0 aromatic heterocycles. The van der Waals surface area contributed by atoms with Crippen LogP contribution >= 0.6 is 0 Å². The highest BCUT2D eigenvalue weighted by Gasteiger charge is 2.44. The molecule has 2 nitrogen and oxygen atoms in total. The monoisotopic (exact) mass is 240 g/mol. The van der Waals surface area contributed by atoms with Gasteiger partial charge in [-0.25, -0.2) is 0 Å². The van der Waals surface area contributed by atoms with Crippen molar-refractivity contribution in [2.75, 3.05) is 0 Å². The first-order valence-corrected chi connectivity index (χ1v) is 6.34. The fraction of sp³-hybridized carbons (Fsp3) is 0.333. The molecular weight excluding hydrogens is 223 g/mol. The highest BCUT2D eigenvalue weighted by molar-refractivity contribution is 6.63. The molecule has 1 fully saturated rings. The van der Waals surface area contributed by atoms with Crippen LogP contribution in [-0.2, 0) is 9.31 Å². The van der Waals surface area contributed by atoms with Gasteiger partial charge in [0.15, 0.2) is 0 Å². The highest BCUT2D eigenvalue weighted by atomic mass is 16.8. The van der Waals surface area contributed by atoms with E-state index >= 15 is 0 Å². The Bertz CT molecular complexity index is 568. The Balaban J connectivity index is 1.81. The minimum absolute atomic E-state index is 0.0351. The van der Waals surface area contributed by atoms with Gasteiger partial charge in [-0.15, -0.1) is 0 Å². The van der Waals surface area contributed by atoms with Gasteiger partial charge >= 0.3 is 7.12 Å². The molecule has 1 saturated heterocycles. The zero-order valence-electron chi connectivity index (χ0n) is 11.0. The van der Waals surface area contributed by atoms with Crippen LogP contribution in [-0.4, -0.2) is 13.4 Å². The van der Waals surface area contributed by atoms with E-state index in [9.17, 15) is 0 Å². The van der Waals surface area contributed by atoms with E-state index in [-0.39, 0.29) is 18.8 Å². The molecule has 0 N–H and O–H groups in total. The molecule has 1 aliphatic heterocycles. The van der Waals surface area contributed by atoms with Crippen LogP contribution < -0.4 is 5.46 Å². The van der Waals surface area contributed by atoms with E-state index in [0.717, 1.165) is 5.46 Å². The minimum atomic E-state index is -0.209. The Morgan fingerprint density at radius 1 is 0.944 bits per heavy atom. The first-order chi connectivity index (χ1) is 8.54. The molecule has 2 aromatic rings. The molecule has 0 atom stereocenters. The highest BCUT2D eigenvalue weighted by Crippen LogP contribution is 2.30. The Hall–Kier alpha value is -1.32. The SMILES string of the molecule is CC(C)(C)C1OB(c2ccc3ccccc3c2)O1. The van der Waals surface area contributed by atoms with E-state index in [0.29, 0.717) is 0 Å². The van der Waals surface area contributed by atoms with Gasteiger partial charge in [0.25, 0.3) is 0 Å². The van der Waals surface area contributed by atoms with E-state index in [1.807, 2.05) is 12.1 Å². The van der Waals surface area contributed by atoms with Gasteiger partial charge < -0.3 is 9.31 Å². The second kappa shape index (κ2) is 4.11. The molecule has 0 saturated carbocycles. The molecule has 3 heteroatoms. The number of hydrogen-bond acceptors (Lipinski definition) is 2. The van der Waals surface area contributed by atoms with Gasteiger partial charge in [0.2, 0.25) is 0 Å². The van der Waals surface area contributed by atoms with E-state index in [4.69, 9.17) is 9.31 Å². The van der Waals surface area contributed by atoms with Crippen LogP contribution in [0.15, 0.2) is 42.5 Å². The summed E-state index contributed by atoms with van der Waals surface area (Å²) in [4.78, 5) is 0. The van der Waals surface area contributed by atoms with Crippen LogP contribution in [0.1, 0.15) is 20.8 Å². The van der Waals surface area contributed by atoms with Crippen LogP contribution in [0.4, 0.5) is 0 Å². The van der Waals surface area contributed by atoms with Gasteiger partial charge in [-0.3, -0.25) is 0 Å². The molecule has 0 aliphatic carbocycles. The first-order valence-electron chi connectivity index (χ1n) is 6.34. The van der Waals surface area contributed by atoms with Gasteiger partial charge in [0.1, 0.15) is 6.29 Å². The molecule has 1 heterocycles. The zero-order valence-corrected chi connectivity index (χ0v) is 11.0. The Morgan fingerprint density at radius 2 is 1.61 bits per heavy atom. The normalized spacial score (nSPS) is 16.9. The van der Waals surface area contributed by atoms with E-state index in [1.165, 1.54) is 10.8 Å². The lowest BCUT2D eigenvalue weighted by atomic mass is 9.73. The maximum Gasteiger partial charge on any atom is 0.497 e. The van der Waals surface area contributed by atoms with Crippen LogP contribution in [0, 0.1) is 5.41 Å². The molecule has 92 valence electrons. The molecule has 0 radical (unpaired) electrons. The Kier molecular flexibility index (Phi) is 2.69. The molecule has 1 aliphatic rings. The van der Waals surface area contributed by atoms with Gasteiger partial charge in [-0.05, 0) is 16.2 Å². The van der Waals surface area contributed by atoms with E-state index < -0.39 is 0 Å². The van der Waals surface area contributed by atoms with Crippen molar-refractivity contribution in [1.29, 1.82) is 0 Å². The van der Waals surface area contributed by atoms with E-state index in [1.54, 1.807) is 0 Å². The number of fused-ring (bicyclic) bond motifs is 1. The molecule has 0 bridgehead atoms. The maximum absolute atomic E-state index is 5.82. The third-order valence-corrected chi connectivity index (χ3v) is 3.25. The molecule has 0 amide bonds. The first kappa shape index (κ1) is 11.8. The predicted molar refractivity (Wildman–Crippen MR) is 74.7 cm³/mol. The Morgan fingerprint density at radius 3 is 2.28 bits per heavy atom. The lowest BCUT2D eigenvalue weighted by molar-refractivity contribution is -0.167. The van der Waals surface area contributed by atoms with Crippen LogP contribution in [0.3, 0.4) is 0 Å². The van der Waals surface area contributed by atoms with Crippen molar-refractivity contribution < 1.29 is 9.31 Å². The minimum Gasteiger partial charge on any atom is -0.382 e. The topological polar surface area (TPSA) is 18.5 Å². The molecular formula is C15H17BO2. The lowest BCUT2D eigenvalue weighted by Gasteiger charge is -2.42. The lowest BCUT2D eigenvalue weighted by Crippen LogP contribution is -2.57. The van der Waals surface area contributed by atoms with E-state index in [2.05, 4.69) is 51.1 Å². The molecule has 0 unspecified atom stereocenters. The summed E-state index contributed by atoms with van der Waals surface area (Å²) in [6, 6.07) is 14.6. The second-order valence-electron chi connectivity index (χ2n) is 5.91. The van der Waals surface area contributed by atoms with Crippen LogP contribution in [0.5, 0.6) is 0 Å². The fourth-order valence-corrected chi connectivity index (χ4v) is 2.15. The number of benzene rings is 2. The quantitative estimate of drug-likeness (QED) is 0.713. The van der Waals surface area contributed by atoms with Gasteiger partial charge in [0, 0.05) is 5.41 Å².